The van der Waals surface area contributed by atoms with Crippen LogP contribution >= 0.6 is 0 Å². The summed E-state index contributed by atoms with van der Waals surface area (Å²) in [6.45, 7) is 7.27. The molecule has 0 aliphatic rings. The van der Waals surface area contributed by atoms with Gasteiger partial charge in [-0.05, 0) is 33.3 Å². The topological polar surface area (TPSA) is 55.8 Å². The van der Waals surface area contributed by atoms with E-state index in [1.54, 1.807) is 27.7 Å². The summed E-state index contributed by atoms with van der Waals surface area (Å²) in [7, 11) is 0. The van der Waals surface area contributed by atoms with Crippen LogP contribution < -0.4 is 0 Å². The lowest BCUT2D eigenvalue weighted by atomic mass is 10.1. The maximum atomic E-state index is 11.7. The highest BCUT2D eigenvalue weighted by Gasteiger charge is 2.28. The average Bonchev–Trinajstić information content (AvgIpc) is 2.34. The first kappa shape index (κ1) is 15.7. The van der Waals surface area contributed by atoms with Gasteiger partial charge in [-0.15, -0.1) is 0 Å². The lowest BCUT2D eigenvalue weighted by molar-refractivity contribution is -0.173. The molecule has 0 heterocycles. The van der Waals surface area contributed by atoms with E-state index in [1.165, 1.54) is 0 Å². The predicted octanol–water partition coefficient (Wildman–Crippen LogP) is 2.29. The Balaban J connectivity index is 2.44. The largest absolute Gasteiger partial charge is 0.458 e. The molecule has 0 saturated carbocycles. The Hall–Kier alpha value is -1.39. The maximum absolute atomic E-state index is 11.7. The summed E-state index contributed by atoms with van der Waals surface area (Å²) in [6, 6.07) is 9.59. The molecule has 1 aromatic rings. The molecule has 1 rings (SSSR count). The van der Waals surface area contributed by atoms with Crippen LogP contribution in [-0.4, -0.2) is 28.9 Å². The van der Waals surface area contributed by atoms with Gasteiger partial charge in [-0.3, -0.25) is 0 Å². The van der Waals surface area contributed by atoms with E-state index in [2.05, 4.69) is 0 Å². The van der Waals surface area contributed by atoms with Gasteiger partial charge in [-0.2, -0.15) is 0 Å². The quantitative estimate of drug-likeness (QED) is 0.831. The van der Waals surface area contributed by atoms with E-state index < -0.39 is 23.8 Å². The minimum absolute atomic E-state index is 0.349. The first-order valence-corrected chi connectivity index (χ1v) is 6.36. The molecule has 0 bridgehead atoms. The Morgan fingerprint density at radius 3 is 2.37 bits per heavy atom. The molecule has 106 valence electrons. The van der Waals surface area contributed by atoms with Gasteiger partial charge < -0.3 is 14.6 Å². The summed E-state index contributed by atoms with van der Waals surface area (Å²) in [5, 5.41) is 9.83. The summed E-state index contributed by atoms with van der Waals surface area (Å²) in [6.07, 6.45) is -1.89. The molecule has 0 amide bonds. The predicted molar refractivity (Wildman–Crippen MR) is 72.5 cm³/mol. The van der Waals surface area contributed by atoms with Crippen molar-refractivity contribution in [1.82, 2.24) is 0 Å². The molecule has 0 aliphatic carbocycles. The van der Waals surface area contributed by atoms with Gasteiger partial charge in [0.1, 0.15) is 5.60 Å². The fourth-order valence-electron chi connectivity index (χ4n) is 1.45. The van der Waals surface area contributed by atoms with Crippen molar-refractivity contribution in [3.05, 3.63) is 35.9 Å². The Bertz CT molecular complexity index is 394. The average molecular weight is 266 g/mol. The van der Waals surface area contributed by atoms with Gasteiger partial charge in [0.2, 0.25) is 0 Å². The molecule has 4 nitrogen and oxygen atoms in total. The molecule has 0 aromatic heterocycles. The Kier molecular flexibility index (Phi) is 5.51. The van der Waals surface area contributed by atoms with Gasteiger partial charge in [-0.25, -0.2) is 4.79 Å². The van der Waals surface area contributed by atoms with Crippen LogP contribution in [0.1, 0.15) is 33.3 Å². The van der Waals surface area contributed by atoms with Crippen LogP contribution in [0.3, 0.4) is 0 Å². The monoisotopic (exact) mass is 266 g/mol. The third kappa shape index (κ3) is 5.85. The zero-order valence-electron chi connectivity index (χ0n) is 11.9. The van der Waals surface area contributed by atoms with Crippen molar-refractivity contribution in [1.29, 1.82) is 0 Å². The van der Waals surface area contributed by atoms with Crippen LogP contribution in [0.2, 0.25) is 0 Å². The number of carbonyl (C=O) groups is 1. The van der Waals surface area contributed by atoms with Crippen molar-refractivity contribution in [3.8, 4) is 0 Å². The van der Waals surface area contributed by atoms with Gasteiger partial charge in [0.05, 0.1) is 12.7 Å². The van der Waals surface area contributed by atoms with Gasteiger partial charge in [-0.1, -0.05) is 30.3 Å². The molecule has 0 saturated heterocycles. The van der Waals surface area contributed by atoms with Crippen LogP contribution in [0.5, 0.6) is 0 Å². The zero-order chi connectivity index (χ0) is 14.5. The molecule has 4 heteroatoms. The molecule has 19 heavy (non-hydrogen) atoms. The van der Waals surface area contributed by atoms with Crippen molar-refractivity contribution in [2.45, 2.75) is 52.1 Å². The lowest BCUT2D eigenvalue weighted by Crippen LogP contribution is -2.39. The van der Waals surface area contributed by atoms with E-state index in [0.29, 0.717) is 6.61 Å². The summed E-state index contributed by atoms with van der Waals surface area (Å²) >= 11 is 0. The van der Waals surface area contributed by atoms with E-state index in [9.17, 15) is 9.90 Å². The molecule has 0 aliphatic heterocycles. The second kappa shape index (κ2) is 6.68. The van der Waals surface area contributed by atoms with E-state index >= 15 is 0 Å². The number of rotatable bonds is 5. The van der Waals surface area contributed by atoms with Gasteiger partial charge >= 0.3 is 5.97 Å². The van der Waals surface area contributed by atoms with Crippen molar-refractivity contribution in [3.63, 3.8) is 0 Å². The smallest absolute Gasteiger partial charge is 0.338 e. The second-order valence-corrected chi connectivity index (χ2v) is 5.48. The van der Waals surface area contributed by atoms with Gasteiger partial charge in [0.15, 0.2) is 6.10 Å². The van der Waals surface area contributed by atoms with Crippen LogP contribution in [-0.2, 0) is 20.9 Å². The van der Waals surface area contributed by atoms with Crippen LogP contribution in [0.25, 0.3) is 0 Å². The van der Waals surface area contributed by atoms with Crippen molar-refractivity contribution in [2.24, 2.45) is 0 Å². The number of carbonyl (C=O) groups excluding carboxylic acids is 1. The van der Waals surface area contributed by atoms with E-state index in [1.807, 2.05) is 30.3 Å². The molecule has 1 N–H and O–H groups in total. The molecule has 0 fully saturated rings. The zero-order valence-corrected chi connectivity index (χ0v) is 11.9. The third-order valence-electron chi connectivity index (χ3n) is 2.45. The standard InChI is InChI=1S/C15H22O4/c1-11(13(16)14(17)19-15(2,3)4)18-10-12-8-6-5-7-9-12/h5-9,11,13,16H,10H2,1-4H3. The molecule has 2 atom stereocenters. The highest BCUT2D eigenvalue weighted by Crippen LogP contribution is 2.12. The van der Waals surface area contributed by atoms with E-state index in [0.717, 1.165) is 5.56 Å². The SMILES string of the molecule is CC(OCc1ccccc1)C(O)C(=O)OC(C)(C)C. The highest BCUT2D eigenvalue weighted by atomic mass is 16.6. The maximum Gasteiger partial charge on any atom is 0.338 e. The van der Waals surface area contributed by atoms with E-state index in [4.69, 9.17) is 9.47 Å². The molecular weight excluding hydrogens is 244 g/mol. The number of aliphatic hydroxyl groups is 1. The fraction of sp³-hybridized carbons (Fsp3) is 0.533. The van der Waals surface area contributed by atoms with Crippen LogP contribution in [0.4, 0.5) is 0 Å². The molecule has 2 unspecified atom stereocenters. The van der Waals surface area contributed by atoms with Crippen molar-refractivity contribution < 1.29 is 19.4 Å². The Morgan fingerprint density at radius 2 is 1.84 bits per heavy atom. The molecule has 0 radical (unpaired) electrons. The summed E-state index contributed by atoms with van der Waals surface area (Å²) in [5.41, 5.74) is 0.378. The minimum Gasteiger partial charge on any atom is -0.458 e. The normalized spacial score (nSPS) is 14.8. The van der Waals surface area contributed by atoms with Crippen molar-refractivity contribution in [2.75, 3.05) is 0 Å². The summed E-state index contributed by atoms with van der Waals surface area (Å²) in [4.78, 5) is 11.7. The number of esters is 1. The summed E-state index contributed by atoms with van der Waals surface area (Å²) in [5.74, 6) is -0.659. The summed E-state index contributed by atoms with van der Waals surface area (Å²) < 4.78 is 10.6. The van der Waals surface area contributed by atoms with Crippen LogP contribution in [0, 0.1) is 0 Å². The van der Waals surface area contributed by atoms with Crippen LogP contribution in [0.15, 0.2) is 30.3 Å². The first-order valence-electron chi connectivity index (χ1n) is 6.36. The van der Waals surface area contributed by atoms with Gasteiger partial charge in [0.25, 0.3) is 0 Å². The fourth-order valence-corrected chi connectivity index (χ4v) is 1.45. The Labute approximate surface area is 114 Å². The number of benzene rings is 1. The number of aliphatic hydroxyl groups excluding tert-OH is 1. The van der Waals surface area contributed by atoms with Crippen molar-refractivity contribution >= 4 is 5.97 Å². The molecule has 0 spiro atoms. The van der Waals surface area contributed by atoms with Gasteiger partial charge in [0, 0.05) is 0 Å². The molecular formula is C15H22O4. The highest BCUT2D eigenvalue weighted by molar-refractivity contribution is 5.75. The Morgan fingerprint density at radius 1 is 1.26 bits per heavy atom. The lowest BCUT2D eigenvalue weighted by Gasteiger charge is -2.24. The first-order chi connectivity index (χ1) is 8.79. The number of hydrogen-bond donors (Lipinski definition) is 1. The minimum atomic E-state index is -1.28. The number of hydrogen-bond acceptors (Lipinski definition) is 4. The third-order valence-corrected chi connectivity index (χ3v) is 2.45. The second-order valence-electron chi connectivity index (χ2n) is 5.48. The molecule has 1 aromatic carbocycles. The number of ether oxygens (including phenoxy) is 2. The van der Waals surface area contributed by atoms with E-state index in [-0.39, 0.29) is 0 Å².